The molecule has 1 N–H and O–H groups in total. The lowest BCUT2D eigenvalue weighted by Gasteiger charge is -2.12. The Hall–Kier alpha value is -0.810. The van der Waals surface area contributed by atoms with E-state index in [2.05, 4.69) is 5.32 Å². The zero-order valence-corrected chi connectivity index (χ0v) is 16.4. The summed E-state index contributed by atoms with van der Waals surface area (Å²) in [6, 6.07) is 15.6. The first-order valence-electron chi connectivity index (χ1n) is 7.57. The van der Waals surface area contributed by atoms with Gasteiger partial charge in [-0.1, -0.05) is 47.5 Å². The average molecular weight is 400 g/mol. The van der Waals surface area contributed by atoms with Crippen LogP contribution in [0.2, 0.25) is 10.0 Å². The minimum absolute atomic E-state index is 0.0685. The smallest absolute Gasteiger partial charge is 0.233 e. The molecule has 1 amide bonds. The minimum Gasteiger partial charge on any atom is -0.354 e. The van der Waals surface area contributed by atoms with Gasteiger partial charge in [-0.2, -0.15) is 11.8 Å². The second-order valence-corrected chi connectivity index (χ2v) is 8.50. The van der Waals surface area contributed by atoms with E-state index in [1.165, 1.54) is 0 Å². The molecule has 0 aliphatic rings. The second kappa shape index (κ2) is 10.2. The molecule has 2 aromatic carbocycles. The first-order valence-corrected chi connectivity index (χ1v) is 10.4. The third kappa shape index (κ3) is 6.60. The molecule has 0 saturated heterocycles. The van der Waals surface area contributed by atoms with Crippen LogP contribution in [-0.4, -0.2) is 23.5 Å². The summed E-state index contributed by atoms with van der Waals surface area (Å²) in [4.78, 5) is 13.2. The van der Waals surface area contributed by atoms with Gasteiger partial charge in [0.05, 0.1) is 15.3 Å². The number of benzene rings is 2. The normalized spacial score (nSPS) is 12.0. The molecule has 128 valence electrons. The van der Waals surface area contributed by atoms with Crippen LogP contribution in [0.3, 0.4) is 0 Å². The molecule has 0 aliphatic heterocycles. The van der Waals surface area contributed by atoms with Crippen molar-refractivity contribution in [2.75, 3.05) is 12.3 Å². The Balaban J connectivity index is 1.64. The van der Waals surface area contributed by atoms with E-state index < -0.39 is 0 Å². The quantitative estimate of drug-likeness (QED) is 0.467. The highest BCUT2D eigenvalue weighted by atomic mass is 35.5. The summed E-state index contributed by atoms with van der Waals surface area (Å²) in [5, 5.41) is 4.03. The number of carbonyl (C=O) groups is 1. The van der Waals surface area contributed by atoms with E-state index in [4.69, 9.17) is 23.2 Å². The summed E-state index contributed by atoms with van der Waals surface area (Å²) in [5.74, 6) is 1.77. The van der Waals surface area contributed by atoms with Crippen molar-refractivity contribution < 1.29 is 4.79 Å². The van der Waals surface area contributed by atoms with Gasteiger partial charge in [0.1, 0.15) is 0 Å². The Labute approximate surface area is 161 Å². The SMILES string of the molecule is C[C@@H](Sc1ccccc1)C(=O)NCCSCc1ccc(Cl)c(Cl)c1. The number of hydrogen-bond acceptors (Lipinski definition) is 3. The van der Waals surface area contributed by atoms with Gasteiger partial charge in [-0.25, -0.2) is 0 Å². The van der Waals surface area contributed by atoms with Crippen molar-refractivity contribution >= 4 is 52.6 Å². The summed E-state index contributed by atoms with van der Waals surface area (Å²) in [6.07, 6.45) is 0. The Bertz CT molecular complexity index is 667. The molecule has 0 bridgehead atoms. The molecule has 2 aromatic rings. The molecule has 6 heteroatoms. The van der Waals surface area contributed by atoms with Crippen molar-refractivity contribution in [3.63, 3.8) is 0 Å². The van der Waals surface area contributed by atoms with Crippen molar-refractivity contribution in [3.8, 4) is 0 Å². The van der Waals surface area contributed by atoms with E-state index in [0.29, 0.717) is 16.6 Å². The Morgan fingerprint density at radius 1 is 1.12 bits per heavy atom. The minimum atomic E-state index is -0.104. The predicted molar refractivity (Wildman–Crippen MR) is 107 cm³/mol. The summed E-state index contributed by atoms with van der Waals surface area (Å²) < 4.78 is 0. The fourth-order valence-corrected chi connectivity index (χ4v) is 4.01. The number of carbonyl (C=O) groups excluding carboxylic acids is 1. The van der Waals surface area contributed by atoms with Crippen molar-refractivity contribution in [3.05, 3.63) is 64.1 Å². The third-order valence-electron chi connectivity index (χ3n) is 3.22. The Kier molecular flexibility index (Phi) is 8.33. The van der Waals surface area contributed by atoms with Crippen LogP contribution >= 0.6 is 46.7 Å². The largest absolute Gasteiger partial charge is 0.354 e. The molecule has 0 spiro atoms. The number of thioether (sulfide) groups is 2. The maximum Gasteiger partial charge on any atom is 0.233 e. The van der Waals surface area contributed by atoms with E-state index in [-0.39, 0.29) is 11.2 Å². The highest BCUT2D eigenvalue weighted by molar-refractivity contribution is 8.00. The maximum atomic E-state index is 12.1. The van der Waals surface area contributed by atoms with E-state index >= 15 is 0 Å². The van der Waals surface area contributed by atoms with E-state index in [1.54, 1.807) is 23.5 Å². The van der Waals surface area contributed by atoms with Crippen LogP contribution in [0.5, 0.6) is 0 Å². The first kappa shape index (κ1) is 19.5. The predicted octanol–water partition coefficient (Wildman–Crippen LogP) is 5.52. The van der Waals surface area contributed by atoms with Crippen LogP contribution in [-0.2, 0) is 10.5 Å². The lowest BCUT2D eigenvalue weighted by Crippen LogP contribution is -2.32. The van der Waals surface area contributed by atoms with Gasteiger partial charge in [-0.3, -0.25) is 4.79 Å². The fraction of sp³-hybridized carbons (Fsp3) is 0.278. The molecule has 24 heavy (non-hydrogen) atoms. The molecule has 0 radical (unpaired) electrons. The second-order valence-electron chi connectivity index (χ2n) is 5.17. The van der Waals surface area contributed by atoms with Crippen molar-refractivity contribution in [2.45, 2.75) is 22.8 Å². The lowest BCUT2D eigenvalue weighted by molar-refractivity contribution is -0.120. The molecule has 0 unspecified atom stereocenters. The van der Waals surface area contributed by atoms with Gasteiger partial charge >= 0.3 is 0 Å². The molecular weight excluding hydrogens is 381 g/mol. The molecule has 0 saturated carbocycles. The summed E-state index contributed by atoms with van der Waals surface area (Å²) in [5.41, 5.74) is 1.13. The van der Waals surface area contributed by atoms with Gasteiger partial charge in [0.2, 0.25) is 5.91 Å². The molecule has 0 aliphatic carbocycles. The summed E-state index contributed by atoms with van der Waals surface area (Å²) >= 11 is 15.2. The summed E-state index contributed by atoms with van der Waals surface area (Å²) in [7, 11) is 0. The zero-order valence-electron chi connectivity index (χ0n) is 13.3. The van der Waals surface area contributed by atoms with Crippen LogP contribution in [0.1, 0.15) is 12.5 Å². The van der Waals surface area contributed by atoms with Gasteiger partial charge in [0.25, 0.3) is 0 Å². The number of halogens is 2. The highest BCUT2D eigenvalue weighted by Crippen LogP contribution is 2.25. The van der Waals surface area contributed by atoms with Crippen LogP contribution in [0.4, 0.5) is 0 Å². The molecule has 0 fully saturated rings. The zero-order chi connectivity index (χ0) is 17.4. The van der Waals surface area contributed by atoms with E-state index in [1.807, 2.05) is 55.5 Å². The Morgan fingerprint density at radius 3 is 2.58 bits per heavy atom. The molecule has 2 nitrogen and oxygen atoms in total. The van der Waals surface area contributed by atoms with Crippen LogP contribution in [0.15, 0.2) is 53.4 Å². The highest BCUT2D eigenvalue weighted by Gasteiger charge is 2.13. The topological polar surface area (TPSA) is 29.1 Å². The lowest BCUT2D eigenvalue weighted by atomic mass is 10.2. The molecular formula is C18H19Cl2NOS2. The third-order valence-corrected chi connectivity index (χ3v) is 6.10. The molecule has 2 rings (SSSR count). The maximum absolute atomic E-state index is 12.1. The fourth-order valence-electron chi connectivity index (χ4n) is 1.97. The standard InChI is InChI=1S/C18H19Cl2NOS2/c1-13(24-15-5-3-2-4-6-15)18(22)21-9-10-23-12-14-7-8-16(19)17(20)11-14/h2-8,11,13H,9-10,12H2,1H3,(H,21,22)/t13-/m1/s1. The van der Waals surface area contributed by atoms with Gasteiger partial charge < -0.3 is 5.32 Å². The average Bonchev–Trinajstić information content (AvgIpc) is 2.58. The van der Waals surface area contributed by atoms with Crippen LogP contribution in [0.25, 0.3) is 0 Å². The molecule has 0 aromatic heterocycles. The van der Waals surface area contributed by atoms with Crippen LogP contribution in [0, 0.1) is 0 Å². The van der Waals surface area contributed by atoms with Gasteiger partial charge in [0, 0.05) is 22.9 Å². The molecule has 0 heterocycles. The van der Waals surface area contributed by atoms with Gasteiger partial charge in [-0.05, 0) is 36.8 Å². The van der Waals surface area contributed by atoms with E-state index in [0.717, 1.165) is 22.0 Å². The Morgan fingerprint density at radius 2 is 1.88 bits per heavy atom. The van der Waals surface area contributed by atoms with Crippen molar-refractivity contribution in [1.29, 1.82) is 0 Å². The number of amides is 1. The number of rotatable bonds is 8. The van der Waals surface area contributed by atoms with Gasteiger partial charge in [0.15, 0.2) is 0 Å². The number of hydrogen-bond donors (Lipinski definition) is 1. The monoisotopic (exact) mass is 399 g/mol. The molecule has 1 atom stereocenters. The first-order chi connectivity index (χ1) is 11.6. The summed E-state index contributed by atoms with van der Waals surface area (Å²) in [6.45, 7) is 2.58. The van der Waals surface area contributed by atoms with Crippen molar-refractivity contribution in [1.82, 2.24) is 5.32 Å². The number of nitrogens with one attached hydrogen (secondary N) is 1. The van der Waals surface area contributed by atoms with Crippen LogP contribution < -0.4 is 5.32 Å². The van der Waals surface area contributed by atoms with Crippen molar-refractivity contribution in [2.24, 2.45) is 0 Å². The van der Waals surface area contributed by atoms with E-state index in [9.17, 15) is 4.79 Å². The van der Waals surface area contributed by atoms with Gasteiger partial charge in [-0.15, -0.1) is 11.8 Å².